The van der Waals surface area contributed by atoms with Gasteiger partial charge in [-0.2, -0.15) is 0 Å². The van der Waals surface area contributed by atoms with Crippen LogP contribution in [0.5, 0.6) is 0 Å². The lowest BCUT2D eigenvalue weighted by Crippen LogP contribution is -2.48. The van der Waals surface area contributed by atoms with Gasteiger partial charge in [0.15, 0.2) is 0 Å². The van der Waals surface area contributed by atoms with Gasteiger partial charge in [0.05, 0.1) is 6.04 Å². The van der Waals surface area contributed by atoms with E-state index in [9.17, 15) is 9.59 Å². The standard InChI is InChI=1S/C10H14N2O3/c1-2-4-7(11)9(13)12-6-3-5-8(12)10(14)15/h1,7-8H,3-6,11H2,(H,14,15)/t7?,8-/m1/s1. The first-order chi connectivity index (χ1) is 7.07. The fraction of sp³-hybridized carbons (Fsp3) is 0.600. The van der Waals surface area contributed by atoms with Crippen molar-refractivity contribution >= 4 is 11.9 Å². The van der Waals surface area contributed by atoms with Crippen molar-refractivity contribution in [3.8, 4) is 12.3 Å². The highest BCUT2D eigenvalue weighted by molar-refractivity contribution is 5.87. The molecule has 5 heteroatoms. The average molecular weight is 210 g/mol. The van der Waals surface area contributed by atoms with Crippen molar-refractivity contribution in [2.75, 3.05) is 6.54 Å². The Hall–Kier alpha value is -1.54. The van der Waals surface area contributed by atoms with E-state index in [1.807, 2.05) is 0 Å². The van der Waals surface area contributed by atoms with Crippen LogP contribution < -0.4 is 5.73 Å². The summed E-state index contributed by atoms with van der Waals surface area (Å²) in [4.78, 5) is 23.8. The van der Waals surface area contributed by atoms with Gasteiger partial charge in [0.25, 0.3) is 0 Å². The molecule has 1 aliphatic heterocycles. The topological polar surface area (TPSA) is 83.6 Å². The quantitative estimate of drug-likeness (QED) is 0.610. The molecule has 1 amide bonds. The Bertz CT molecular complexity index is 308. The molecule has 0 saturated carbocycles. The van der Waals surface area contributed by atoms with Crippen LogP contribution in [0.1, 0.15) is 19.3 Å². The number of rotatable bonds is 3. The van der Waals surface area contributed by atoms with Crippen molar-refractivity contribution in [3.05, 3.63) is 0 Å². The summed E-state index contributed by atoms with van der Waals surface area (Å²) in [6.07, 6.45) is 6.37. The predicted molar refractivity (Wildman–Crippen MR) is 53.8 cm³/mol. The molecule has 1 saturated heterocycles. The lowest BCUT2D eigenvalue weighted by atomic mass is 10.1. The van der Waals surface area contributed by atoms with E-state index in [1.165, 1.54) is 4.90 Å². The molecule has 1 rings (SSSR count). The van der Waals surface area contributed by atoms with Gasteiger partial charge >= 0.3 is 5.97 Å². The number of carboxylic acid groups (broad SMARTS) is 1. The summed E-state index contributed by atoms with van der Waals surface area (Å²) in [6, 6.07) is -1.52. The molecule has 0 aromatic rings. The molecule has 1 unspecified atom stereocenters. The van der Waals surface area contributed by atoms with E-state index in [1.54, 1.807) is 0 Å². The minimum absolute atomic E-state index is 0.141. The van der Waals surface area contributed by atoms with Gasteiger partial charge in [-0.1, -0.05) is 0 Å². The van der Waals surface area contributed by atoms with E-state index in [2.05, 4.69) is 5.92 Å². The second kappa shape index (κ2) is 4.80. The lowest BCUT2D eigenvalue weighted by molar-refractivity contribution is -0.148. The number of carboxylic acids is 1. The smallest absolute Gasteiger partial charge is 0.326 e. The second-order valence-corrected chi connectivity index (χ2v) is 3.54. The molecular formula is C10H14N2O3. The Morgan fingerprint density at radius 3 is 2.87 bits per heavy atom. The molecule has 82 valence electrons. The van der Waals surface area contributed by atoms with E-state index >= 15 is 0 Å². The van der Waals surface area contributed by atoms with E-state index in [4.69, 9.17) is 17.3 Å². The van der Waals surface area contributed by atoms with Crippen LogP contribution in [0.25, 0.3) is 0 Å². The first-order valence-electron chi connectivity index (χ1n) is 4.80. The lowest BCUT2D eigenvalue weighted by Gasteiger charge is -2.23. The number of terminal acetylenes is 1. The van der Waals surface area contributed by atoms with E-state index < -0.39 is 18.1 Å². The molecule has 5 nitrogen and oxygen atoms in total. The molecule has 0 aromatic carbocycles. The molecule has 0 bridgehead atoms. The molecule has 1 aliphatic rings. The molecule has 1 heterocycles. The number of carbonyl (C=O) groups is 2. The molecule has 2 atom stereocenters. The van der Waals surface area contributed by atoms with Crippen LogP contribution in [-0.4, -0.2) is 40.5 Å². The number of hydrogen-bond acceptors (Lipinski definition) is 3. The molecule has 3 N–H and O–H groups in total. The number of carbonyl (C=O) groups excluding carboxylic acids is 1. The normalized spacial score (nSPS) is 22.1. The summed E-state index contributed by atoms with van der Waals surface area (Å²) in [6.45, 7) is 0.452. The second-order valence-electron chi connectivity index (χ2n) is 3.54. The average Bonchev–Trinajstić information content (AvgIpc) is 2.65. The highest BCUT2D eigenvalue weighted by Gasteiger charge is 2.35. The van der Waals surface area contributed by atoms with Gasteiger partial charge in [0.2, 0.25) is 5.91 Å². The van der Waals surface area contributed by atoms with Crippen molar-refractivity contribution in [2.45, 2.75) is 31.3 Å². The maximum Gasteiger partial charge on any atom is 0.326 e. The third-order valence-corrected chi connectivity index (χ3v) is 2.48. The van der Waals surface area contributed by atoms with Crippen LogP contribution in [0.3, 0.4) is 0 Å². The van der Waals surface area contributed by atoms with Crippen LogP contribution >= 0.6 is 0 Å². The number of aliphatic carboxylic acids is 1. The van der Waals surface area contributed by atoms with Crippen molar-refractivity contribution < 1.29 is 14.7 Å². The minimum Gasteiger partial charge on any atom is -0.480 e. The van der Waals surface area contributed by atoms with Crippen molar-refractivity contribution in [1.82, 2.24) is 4.90 Å². The molecular weight excluding hydrogens is 196 g/mol. The van der Waals surface area contributed by atoms with Gasteiger partial charge in [0.1, 0.15) is 6.04 Å². The van der Waals surface area contributed by atoms with Crippen molar-refractivity contribution in [1.29, 1.82) is 0 Å². The Morgan fingerprint density at radius 1 is 1.67 bits per heavy atom. The van der Waals surface area contributed by atoms with Gasteiger partial charge in [-0.3, -0.25) is 4.79 Å². The van der Waals surface area contributed by atoms with Gasteiger partial charge in [-0.15, -0.1) is 12.3 Å². The predicted octanol–water partition coefficient (Wildman–Crippen LogP) is -0.587. The first kappa shape index (κ1) is 11.5. The summed E-state index contributed by atoms with van der Waals surface area (Å²) < 4.78 is 0. The number of likely N-dealkylation sites (tertiary alicyclic amines) is 1. The number of amides is 1. The molecule has 15 heavy (non-hydrogen) atoms. The van der Waals surface area contributed by atoms with E-state index in [0.717, 1.165) is 0 Å². The Labute approximate surface area is 88.2 Å². The van der Waals surface area contributed by atoms with Crippen LogP contribution in [0, 0.1) is 12.3 Å². The molecule has 0 radical (unpaired) electrons. The van der Waals surface area contributed by atoms with Crippen molar-refractivity contribution in [3.63, 3.8) is 0 Å². The maximum absolute atomic E-state index is 11.7. The monoisotopic (exact) mass is 210 g/mol. The maximum atomic E-state index is 11.7. The summed E-state index contributed by atoms with van der Waals surface area (Å²) >= 11 is 0. The zero-order chi connectivity index (χ0) is 11.4. The minimum atomic E-state index is -0.978. The summed E-state index contributed by atoms with van der Waals surface area (Å²) in [5, 5.41) is 8.87. The third-order valence-electron chi connectivity index (χ3n) is 2.48. The highest BCUT2D eigenvalue weighted by atomic mass is 16.4. The Kier molecular flexibility index (Phi) is 3.69. The third kappa shape index (κ3) is 2.48. The zero-order valence-electron chi connectivity index (χ0n) is 8.35. The van der Waals surface area contributed by atoms with Crippen molar-refractivity contribution in [2.24, 2.45) is 5.73 Å². The largest absolute Gasteiger partial charge is 0.480 e. The van der Waals surface area contributed by atoms with Gasteiger partial charge < -0.3 is 15.7 Å². The summed E-state index contributed by atoms with van der Waals surface area (Å²) in [5.41, 5.74) is 5.54. The van der Waals surface area contributed by atoms with Crippen LogP contribution in [-0.2, 0) is 9.59 Å². The van der Waals surface area contributed by atoms with Gasteiger partial charge in [-0.05, 0) is 12.8 Å². The summed E-state index contributed by atoms with van der Waals surface area (Å²) in [7, 11) is 0. The number of nitrogens with zero attached hydrogens (tertiary/aromatic N) is 1. The molecule has 0 spiro atoms. The highest BCUT2D eigenvalue weighted by Crippen LogP contribution is 2.18. The first-order valence-corrected chi connectivity index (χ1v) is 4.80. The SMILES string of the molecule is C#CCC(N)C(=O)N1CCC[C@@H]1C(=O)O. The van der Waals surface area contributed by atoms with Gasteiger partial charge in [0, 0.05) is 13.0 Å². The van der Waals surface area contributed by atoms with Crippen LogP contribution in [0.2, 0.25) is 0 Å². The number of nitrogens with two attached hydrogens (primary N) is 1. The van der Waals surface area contributed by atoms with E-state index in [-0.39, 0.29) is 12.3 Å². The van der Waals surface area contributed by atoms with Crippen LogP contribution in [0.4, 0.5) is 0 Å². The Balaban J connectivity index is 2.67. The molecule has 0 aliphatic carbocycles. The fourth-order valence-corrected chi connectivity index (χ4v) is 1.71. The van der Waals surface area contributed by atoms with Gasteiger partial charge in [-0.25, -0.2) is 4.79 Å². The zero-order valence-corrected chi connectivity index (χ0v) is 8.35. The van der Waals surface area contributed by atoms with E-state index in [0.29, 0.717) is 19.4 Å². The molecule has 0 aromatic heterocycles. The number of hydrogen-bond donors (Lipinski definition) is 2. The van der Waals surface area contributed by atoms with Crippen LogP contribution in [0.15, 0.2) is 0 Å². The fourth-order valence-electron chi connectivity index (χ4n) is 1.71. The molecule has 1 fully saturated rings. The summed E-state index contributed by atoms with van der Waals surface area (Å²) in [5.74, 6) is 0.955. The Morgan fingerprint density at radius 2 is 2.33 bits per heavy atom.